The summed E-state index contributed by atoms with van der Waals surface area (Å²) >= 11 is 0. The fraction of sp³-hybridized carbons (Fsp3) is 0.467. The number of carbonyl (C=O) groups excluding carboxylic acids is 2. The summed E-state index contributed by atoms with van der Waals surface area (Å²) in [4.78, 5) is 25.4. The Hall–Kier alpha value is -1.88. The molecule has 20 heavy (non-hydrogen) atoms. The second-order valence-corrected chi connectivity index (χ2v) is 5.33. The van der Waals surface area contributed by atoms with Crippen LogP contribution in [0.15, 0.2) is 18.2 Å². The van der Waals surface area contributed by atoms with E-state index in [-0.39, 0.29) is 11.8 Å². The van der Waals surface area contributed by atoms with Crippen LogP contribution in [0.5, 0.6) is 0 Å². The molecule has 0 spiro atoms. The van der Waals surface area contributed by atoms with Gasteiger partial charge in [0.1, 0.15) is 0 Å². The molecule has 1 heterocycles. The molecule has 0 fully saturated rings. The molecule has 0 aliphatic carbocycles. The number of rotatable bonds is 5. The van der Waals surface area contributed by atoms with Gasteiger partial charge in [-0.3, -0.25) is 9.59 Å². The highest BCUT2D eigenvalue weighted by atomic mass is 16.2. The van der Waals surface area contributed by atoms with Crippen LogP contribution in [0.25, 0.3) is 0 Å². The molecular weight excluding hydrogens is 254 g/mol. The van der Waals surface area contributed by atoms with Crippen molar-refractivity contribution in [3.63, 3.8) is 0 Å². The van der Waals surface area contributed by atoms with E-state index in [2.05, 4.69) is 15.5 Å². The zero-order valence-corrected chi connectivity index (χ0v) is 12.0. The molecule has 0 bridgehead atoms. The monoisotopic (exact) mass is 275 g/mol. The van der Waals surface area contributed by atoms with Crippen LogP contribution < -0.4 is 10.6 Å². The lowest BCUT2D eigenvalue weighted by Gasteiger charge is -2.17. The third-order valence-corrected chi connectivity index (χ3v) is 3.33. The Balaban J connectivity index is 1.92. The van der Waals surface area contributed by atoms with Crippen LogP contribution in [-0.4, -0.2) is 43.9 Å². The van der Waals surface area contributed by atoms with Gasteiger partial charge in [0.15, 0.2) is 0 Å². The predicted molar refractivity (Wildman–Crippen MR) is 78.9 cm³/mol. The first-order valence-corrected chi connectivity index (χ1v) is 6.92. The van der Waals surface area contributed by atoms with Gasteiger partial charge in [0.05, 0.1) is 0 Å². The molecule has 108 valence electrons. The van der Waals surface area contributed by atoms with Gasteiger partial charge in [-0.15, -0.1) is 0 Å². The van der Waals surface area contributed by atoms with E-state index in [9.17, 15) is 9.59 Å². The Morgan fingerprint density at radius 2 is 2.15 bits per heavy atom. The van der Waals surface area contributed by atoms with Crippen molar-refractivity contribution in [1.29, 1.82) is 0 Å². The Bertz CT molecular complexity index is 512. The smallest absolute Gasteiger partial charge is 0.251 e. The summed E-state index contributed by atoms with van der Waals surface area (Å²) in [7, 11) is 4.03. The van der Waals surface area contributed by atoms with E-state index < -0.39 is 0 Å². The van der Waals surface area contributed by atoms with Crippen molar-refractivity contribution >= 4 is 17.5 Å². The molecule has 5 nitrogen and oxygen atoms in total. The SMILES string of the molecule is CN(C)CCCNC(=O)c1ccc2c(c1)CCC(=O)N2. The molecule has 0 saturated carbocycles. The number of fused-ring (bicyclic) bond motifs is 1. The third-order valence-electron chi connectivity index (χ3n) is 3.33. The van der Waals surface area contributed by atoms with Gasteiger partial charge in [-0.2, -0.15) is 0 Å². The molecule has 0 radical (unpaired) electrons. The van der Waals surface area contributed by atoms with Crippen LogP contribution in [0.4, 0.5) is 5.69 Å². The Morgan fingerprint density at radius 1 is 1.35 bits per heavy atom. The average molecular weight is 275 g/mol. The molecule has 1 aliphatic heterocycles. The number of anilines is 1. The van der Waals surface area contributed by atoms with Gasteiger partial charge in [0, 0.05) is 24.2 Å². The lowest BCUT2D eigenvalue weighted by atomic mass is 10.00. The first-order chi connectivity index (χ1) is 9.56. The van der Waals surface area contributed by atoms with E-state index in [0.717, 1.165) is 24.2 Å². The van der Waals surface area contributed by atoms with E-state index in [4.69, 9.17) is 0 Å². The van der Waals surface area contributed by atoms with Gasteiger partial charge in [-0.25, -0.2) is 0 Å². The summed E-state index contributed by atoms with van der Waals surface area (Å²) in [6.45, 7) is 1.63. The zero-order valence-electron chi connectivity index (χ0n) is 12.0. The van der Waals surface area contributed by atoms with Crippen LogP contribution in [0.1, 0.15) is 28.8 Å². The summed E-state index contributed by atoms with van der Waals surface area (Å²) in [5, 5.41) is 5.73. The van der Waals surface area contributed by atoms with Gasteiger partial charge < -0.3 is 15.5 Å². The van der Waals surface area contributed by atoms with Crippen molar-refractivity contribution in [1.82, 2.24) is 10.2 Å². The van der Waals surface area contributed by atoms with Crippen LogP contribution >= 0.6 is 0 Å². The van der Waals surface area contributed by atoms with Gasteiger partial charge in [-0.1, -0.05) is 0 Å². The van der Waals surface area contributed by atoms with Crippen molar-refractivity contribution < 1.29 is 9.59 Å². The molecule has 1 aromatic rings. The number of carbonyl (C=O) groups is 2. The standard InChI is InChI=1S/C15H21N3O2/c1-18(2)9-3-8-16-15(20)12-4-6-13-11(10-12)5-7-14(19)17-13/h4,6,10H,3,5,7-9H2,1-2H3,(H,16,20)(H,17,19). The maximum Gasteiger partial charge on any atom is 0.251 e. The molecule has 0 saturated heterocycles. The quantitative estimate of drug-likeness (QED) is 0.795. The second kappa shape index (κ2) is 6.52. The zero-order chi connectivity index (χ0) is 14.5. The lowest BCUT2D eigenvalue weighted by molar-refractivity contribution is -0.116. The van der Waals surface area contributed by atoms with Crippen molar-refractivity contribution in [2.75, 3.05) is 32.5 Å². The van der Waals surface area contributed by atoms with E-state index in [1.54, 1.807) is 12.1 Å². The highest BCUT2D eigenvalue weighted by Crippen LogP contribution is 2.23. The van der Waals surface area contributed by atoms with Crippen LogP contribution in [0.3, 0.4) is 0 Å². The summed E-state index contributed by atoms with van der Waals surface area (Å²) < 4.78 is 0. The lowest BCUT2D eigenvalue weighted by Crippen LogP contribution is -2.27. The number of amides is 2. The second-order valence-electron chi connectivity index (χ2n) is 5.33. The molecule has 2 amide bonds. The van der Waals surface area contributed by atoms with Gasteiger partial charge in [0.25, 0.3) is 5.91 Å². The van der Waals surface area contributed by atoms with E-state index in [1.165, 1.54) is 0 Å². The molecule has 1 aromatic carbocycles. The minimum absolute atomic E-state index is 0.0402. The maximum atomic E-state index is 12.0. The highest BCUT2D eigenvalue weighted by Gasteiger charge is 2.16. The number of nitrogens with one attached hydrogen (secondary N) is 2. The van der Waals surface area contributed by atoms with E-state index >= 15 is 0 Å². The minimum Gasteiger partial charge on any atom is -0.352 e. The third kappa shape index (κ3) is 3.81. The Labute approximate surface area is 119 Å². The highest BCUT2D eigenvalue weighted by molar-refractivity contribution is 5.97. The summed E-state index contributed by atoms with van der Waals surface area (Å²) in [5.74, 6) is -0.0122. The van der Waals surface area contributed by atoms with E-state index in [0.29, 0.717) is 24.9 Å². The van der Waals surface area contributed by atoms with Crippen LogP contribution in [0.2, 0.25) is 0 Å². The van der Waals surface area contributed by atoms with Crippen molar-refractivity contribution in [3.05, 3.63) is 29.3 Å². The Morgan fingerprint density at radius 3 is 2.90 bits per heavy atom. The Kier molecular flexibility index (Phi) is 4.74. The molecule has 2 rings (SSSR count). The topological polar surface area (TPSA) is 61.4 Å². The maximum absolute atomic E-state index is 12.0. The number of hydrogen-bond donors (Lipinski definition) is 2. The summed E-state index contributed by atoms with van der Waals surface area (Å²) in [6.07, 6.45) is 2.11. The molecule has 0 unspecified atom stereocenters. The van der Waals surface area contributed by atoms with Gasteiger partial charge >= 0.3 is 0 Å². The van der Waals surface area contributed by atoms with Crippen molar-refractivity contribution in [2.24, 2.45) is 0 Å². The van der Waals surface area contributed by atoms with Crippen LogP contribution in [0, 0.1) is 0 Å². The molecule has 1 aliphatic rings. The number of nitrogens with zero attached hydrogens (tertiary/aromatic N) is 1. The first kappa shape index (κ1) is 14.5. The molecule has 5 heteroatoms. The largest absolute Gasteiger partial charge is 0.352 e. The predicted octanol–water partition coefficient (Wildman–Crippen LogP) is 1.25. The van der Waals surface area contributed by atoms with Crippen molar-refractivity contribution in [2.45, 2.75) is 19.3 Å². The van der Waals surface area contributed by atoms with E-state index in [1.807, 2.05) is 20.2 Å². The van der Waals surface area contributed by atoms with Crippen molar-refractivity contribution in [3.8, 4) is 0 Å². The molecule has 0 aromatic heterocycles. The first-order valence-electron chi connectivity index (χ1n) is 6.92. The number of benzene rings is 1. The normalized spacial score (nSPS) is 13.8. The molecule has 2 N–H and O–H groups in total. The van der Waals surface area contributed by atoms with Crippen LogP contribution in [-0.2, 0) is 11.2 Å². The summed E-state index contributed by atoms with van der Waals surface area (Å²) in [6, 6.07) is 5.43. The minimum atomic E-state index is -0.0524. The molecular formula is C15H21N3O2. The average Bonchev–Trinajstić information content (AvgIpc) is 2.42. The van der Waals surface area contributed by atoms with Gasteiger partial charge in [0.2, 0.25) is 5.91 Å². The fourth-order valence-corrected chi connectivity index (χ4v) is 2.22. The number of aryl methyl sites for hydroxylation is 1. The fourth-order valence-electron chi connectivity index (χ4n) is 2.22. The molecule has 0 atom stereocenters. The van der Waals surface area contributed by atoms with Gasteiger partial charge in [-0.05, 0) is 57.2 Å². The summed E-state index contributed by atoms with van der Waals surface area (Å²) in [5.41, 5.74) is 2.51. The number of hydrogen-bond acceptors (Lipinski definition) is 3.